The minimum Gasteiger partial charge on any atom is -0.494 e. The molecule has 3 aromatic rings. The van der Waals surface area contributed by atoms with E-state index in [0.29, 0.717) is 36.0 Å². The van der Waals surface area contributed by atoms with Crippen LogP contribution in [0.5, 0.6) is 5.75 Å². The van der Waals surface area contributed by atoms with Gasteiger partial charge in [-0.05, 0) is 64.7 Å². The molecular formula is C35H46N8O4. The lowest BCUT2D eigenvalue weighted by molar-refractivity contribution is -0.111. The number of pyridine rings is 1. The van der Waals surface area contributed by atoms with Crippen LogP contribution in [0.15, 0.2) is 49.7 Å². The molecule has 0 aliphatic carbocycles. The van der Waals surface area contributed by atoms with Gasteiger partial charge in [0.15, 0.2) is 5.82 Å². The lowest BCUT2D eigenvalue weighted by atomic mass is 9.91. The molecule has 3 heterocycles. The molecule has 2 aromatic heterocycles. The zero-order chi connectivity index (χ0) is 34.6. The summed E-state index contributed by atoms with van der Waals surface area (Å²) < 4.78 is 11.4. The van der Waals surface area contributed by atoms with Gasteiger partial charge < -0.3 is 34.8 Å². The molecule has 0 saturated heterocycles. The molecule has 1 aliphatic rings. The molecule has 12 nitrogen and oxygen atoms in total. The lowest BCUT2D eigenvalue weighted by Gasteiger charge is -2.26. The van der Waals surface area contributed by atoms with Gasteiger partial charge in [0.2, 0.25) is 11.9 Å². The van der Waals surface area contributed by atoms with Crippen LogP contribution in [0, 0.1) is 0 Å². The smallest absolute Gasteiger partial charge is 0.343 e. The van der Waals surface area contributed by atoms with Crippen LogP contribution in [-0.4, -0.2) is 85.7 Å². The maximum atomic E-state index is 13.3. The van der Waals surface area contributed by atoms with Crippen LogP contribution in [0.25, 0.3) is 5.57 Å². The minimum absolute atomic E-state index is 0.215. The quantitative estimate of drug-likeness (QED) is 0.174. The number of carbonyl (C=O) groups is 2. The van der Waals surface area contributed by atoms with Gasteiger partial charge in [0.05, 0.1) is 47.4 Å². The van der Waals surface area contributed by atoms with Crippen LogP contribution in [-0.2, 0) is 14.9 Å². The Morgan fingerprint density at radius 3 is 2.47 bits per heavy atom. The number of ether oxygens (including phenoxy) is 2. The van der Waals surface area contributed by atoms with Crippen LogP contribution >= 0.6 is 0 Å². The fraction of sp³-hybridized carbons (Fsp3) is 0.400. The van der Waals surface area contributed by atoms with Crippen molar-refractivity contribution in [1.82, 2.24) is 19.9 Å². The van der Waals surface area contributed by atoms with Gasteiger partial charge in [-0.3, -0.25) is 9.78 Å². The standard InChI is InChI=1S/C35H46N8O4/c1-12-30(44)37-25-17-26(29(46-11)18-28(25)42(10)16-15-41(8)9)39-34-36-19-23(33(45)47-22(4)5)32(40-34)43-20-35(6,7)31-27(43)14-13-24(38-31)21(2)3/h12-14,17-19,22H,1-2,15-16,20H2,3-11H3,(H,37,44)(H,36,39,40). The van der Waals surface area contributed by atoms with E-state index < -0.39 is 5.97 Å². The van der Waals surface area contributed by atoms with Crippen molar-refractivity contribution in [3.63, 3.8) is 0 Å². The number of esters is 1. The minimum atomic E-state index is -0.531. The Balaban J connectivity index is 1.82. The Bertz CT molecular complexity index is 1680. The number of methoxy groups -OCH3 is 1. The average Bonchev–Trinajstić information content (AvgIpc) is 3.29. The number of benzene rings is 1. The van der Waals surface area contributed by atoms with Crippen molar-refractivity contribution in [3.8, 4) is 5.75 Å². The van der Waals surface area contributed by atoms with Crippen molar-refractivity contribution in [2.45, 2.75) is 46.1 Å². The van der Waals surface area contributed by atoms with Crippen LogP contribution in [0.1, 0.15) is 56.4 Å². The maximum absolute atomic E-state index is 13.3. The van der Waals surface area contributed by atoms with E-state index in [1.807, 2.05) is 56.1 Å². The Morgan fingerprint density at radius 2 is 1.85 bits per heavy atom. The van der Waals surface area contributed by atoms with Gasteiger partial charge in [-0.25, -0.2) is 9.78 Å². The summed E-state index contributed by atoms with van der Waals surface area (Å²) in [5.41, 5.74) is 5.08. The fourth-order valence-electron chi connectivity index (χ4n) is 5.24. The van der Waals surface area contributed by atoms with Gasteiger partial charge in [0.25, 0.3) is 0 Å². The Hall–Kier alpha value is -4.97. The van der Waals surface area contributed by atoms with E-state index in [1.165, 1.54) is 12.3 Å². The first-order valence-electron chi connectivity index (χ1n) is 15.5. The monoisotopic (exact) mass is 642 g/mol. The first kappa shape index (κ1) is 34.9. The number of nitrogens with zero attached hydrogens (tertiary/aromatic N) is 6. The van der Waals surface area contributed by atoms with E-state index in [2.05, 4.69) is 47.5 Å². The van der Waals surface area contributed by atoms with E-state index in [9.17, 15) is 9.59 Å². The van der Waals surface area contributed by atoms with Gasteiger partial charge in [-0.1, -0.05) is 27.0 Å². The van der Waals surface area contributed by atoms with Crippen molar-refractivity contribution in [1.29, 1.82) is 0 Å². The van der Waals surface area contributed by atoms with E-state index in [-0.39, 0.29) is 28.9 Å². The highest BCUT2D eigenvalue weighted by molar-refractivity contribution is 6.02. The molecule has 0 saturated carbocycles. The number of allylic oxidation sites excluding steroid dienone is 1. The summed E-state index contributed by atoms with van der Waals surface area (Å²) in [6, 6.07) is 7.51. The molecule has 4 rings (SSSR count). The molecule has 0 bridgehead atoms. The number of nitrogens with one attached hydrogen (secondary N) is 2. The third-order valence-electron chi connectivity index (χ3n) is 7.68. The molecule has 0 spiro atoms. The summed E-state index contributed by atoms with van der Waals surface area (Å²) in [4.78, 5) is 46.2. The number of carbonyl (C=O) groups excluding carboxylic acids is 2. The third kappa shape index (κ3) is 7.89. The van der Waals surface area contributed by atoms with Crippen LogP contribution in [0.3, 0.4) is 0 Å². The average molecular weight is 643 g/mol. The zero-order valence-electron chi connectivity index (χ0n) is 28.9. The normalized spacial score (nSPS) is 13.3. The summed E-state index contributed by atoms with van der Waals surface area (Å²) in [6.07, 6.45) is 2.35. The van der Waals surface area contributed by atoms with Gasteiger partial charge in [-0.2, -0.15) is 4.98 Å². The van der Waals surface area contributed by atoms with Crippen molar-refractivity contribution in [3.05, 3.63) is 66.6 Å². The van der Waals surface area contributed by atoms with Crippen LogP contribution in [0.4, 0.5) is 34.5 Å². The number of likely N-dealkylation sites (N-methyl/N-ethyl adjacent to an activating group) is 2. The summed E-state index contributed by atoms with van der Waals surface area (Å²) in [6.45, 7) is 19.4. The van der Waals surface area contributed by atoms with Crippen molar-refractivity contribution < 1.29 is 19.1 Å². The first-order valence-corrected chi connectivity index (χ1v) is 15.5. The number of aromatic nitrogens is 3. The molecule has 1 aromatic carbocycles. The summed E-state index contributed by atoms with van der Waals surface area (Å²) in [5, 5.41) is 6.16. The predicted molar refractivity (Wildman–Crippen MR) is 188 cm³/mol. The Morgan fingerprint density at radius 1 is 1.13 bits per heavy atom. The van der Waals surface area contributed by atoms with Crippen LogP contribution in [0.2, 0.25) is 0 Å². The Labute approximate surface area is 277 Å². The van der Waals surface area contributed by atoms with E-state index >= 15 is 0 Å². The molecule has 47 heavy (non-hydrogen) atoms. The second-order valence-electron chi connectivity index (χ2n) is 12.8. The third-order valence-corrected chi connectivity index (χ3v) is 7.68. The van der Waals surface area contributed by atoms with Crippen molar-refractivity contribution >= 4 is 52.0 Å². The molecule has 0 unspecified atom stereocenters. The molecule has 1 aliphatic heterocycles. The molecular weight excluding hydrogens is 596 g/mol. The SMILES string of the molecule is C=CC(=O)Nc1cc(Nc2ncc(C(=O)OC(C)C)c(N3CC(C)(C)c4nc(C(=C)C)ccc43)n2)c(OC)cc1N(C)CCN(C)C. The van der Waals surface area contributed by atoms with Gasteiger partial charge in [0.1, 0.15) is 11.3 Å². The van der Waals surface area contributed by atoms with Gasteiger partial charge in [0, 0.05) is 44.4 Å². The molecule has 250 valence electrons. The van der Waals surface area contributed by atoms with E-state index in [1.54, 1.807) is 27.0 Å². The first-order chi connectivity index (χ1) is 22.1. The maximum Gasteiger partial charge on any atom is 0.343 e. The second-order valence-corrected chi connectivity index (χ2v) is 12.8. The number of hydrogen-bond donors (Lipinski definition) is 2. The topological polar surface area (TPSA) is 125 Å². The highest BCUT2D eigenvalue weighted by Crippen LogP contribution is 2.45. The van der Waals surface area contributed by atoms with Crippen molar-refractivity contribution in [2.24, 2.45) is 0 Å². The highest BCUT2D eigenvalue weighted by atomic mass is 16.5. The molecule has 0 radical (unpaired) electrons. The van der Waals surface area contributed by atoms with Crippen LogP contribution < -0.4 is 25.2 Å². The number of rotatable bonds is 13. The highest BCUT2D eigenvalue weighted by Gasteiger charge is 2.40. The van der Waals surface area contributed by atoms with Gasteiger partial charge >= 0.3 is 5.97 Å². The molecule has 2 N–H and O–H groups in total. The number of amides is 1. The molecule has 0 atom stereocenters. The number of fused-ring (bicyclic) bond motifs is 1. The summed E-state index contributed by atoms with van der Waals surface area (Å²) in [5.74, 6) is 0.215. The molecule has 12 heteroatoms. The lowest BCUT2D eigenvalue weighted by Crippen LogP contribution is -2.29. The largest absolute Gasteiger partial charge is 0.494 e. The fourth-order valence-corrected chi connectivity index (χ4v) is 5.24. The van der Waals surface area contributed by atoms with Gasteiger partial charge in [-0.15, -0.1) is 0 Å². The molecule has 1 amide bonds. The van der Waals surface area contributed by atoms with Crippen molar-refractivity contribution in [2.75, 3.05) is 68.3 Å². The van der Waals surface area contributed by atoms with E-state index in [0.717, 1.165) is 34.9 Å². The molecule has 0 fully saturated rings. The summed E-state index contributed by atoms with van der Waals surface area (Å²) in [7, 11) is 7.52. The zero-order valence-corrected chi connectivity index (χ0v) is 28.9. The Kier molecular flexibility index (Phi) is 10.5. The summed E-state index contributed by atoms with van der Waals surface area (Å²) >= 11 is 0. The number of hydrogen-bond acceptors (Lipinski definition) is 11. The van der Waals surface area contributed by atoms with E-state index in [4.69, 9.17) is 19.4 Å². The predicted octanol–water partition coefficient (Wildman–Crippen LogP) is 5.77. The number of anilines is 6. The second kappa shape index (κ2) is 14.2.